The number of alkyl halides is 1. The lowest BCUT2D eigenvalue weighted by molar-refractivity contribution is -0.00380. The Balaban J connectivity index is 1.54. The topological polar surface area (TPSA) is 105 Å². The molecule has 1 amide bonds. The summed E-state index contributed by atoms with van der Waals surface area (Å²) in [6.07, 6.45) is 4.31. The molecule has 0 radical (unpaired) electrons. The van der Waals surface area contributed by atoms with Crippen LogP contribution in [0.3, 0.4) is 0 Å². The molecule has 2 aliphatic rings. The van der Waals surface area contributed by atoms with E-state index in [-0.39, 0.29) is 30.4 Å². The highest BCUT2D eigenvalue weighted by Gasteiger charge is 2.28. The smallest absolute Gasteiger partial charge is 0.410 e. The van der Waals surface area contributed by atoms with Crippen LogP contribution in [0.2, 0.25) is 0 Å². The average Bonchev–Trinajstić information content (AvgIpc) is 3.16. The van der Waals surface area contributed by atoms with E-state index in [1.807, 2.05) is 6.08 Å². The molecule has 2 aromatic heterocycles. The van der Waals surface area contributed by atoms with Crippen LogP contribution in [0.5, 0.6) is 0 Å². The molecule has 2 N–H and O–H groups in total. The molecule has 1 fully saturated rings. The van der Waals surface area contributed by atoms with Gasteiger partial charge in [0.2, 0.25) is 0 Å². The summed E-state index contributed by atoms with van der Waals surface area (Å²) in [6, 6.07) is -0.306. The van der Waals surface area contributed by atoms with Gasteiger partial charge in [-0.3, -0.25) is 9.89 Å². The maximum absolute atomic E-state index is 14.4. The normalized spacial score (nSPS) is 20.7. The van der Waals surface area contributed by atoms with E-state index in [1.54, 1.807) is 18.0 Å². The molecule has 160 valence electrons. The summed E-state index contributed by atoms with van der Waals surface area (Å²) < 4.78 is 24.9. The fraction of sp³-hybridized carbons (Fsp3) is 0.474. The number of nitrogens with zero attached hydrogens (tertiary/aromatic N) is 4. The number of carbonyl (C=O) groups is 1. The molecule has 4 rings (SSSR count). The van der Waals surface area contributed by atoms with Gasteiger partial charge in [0.05, 0.1) is 44.0 Å². The van der Waals surface area contributed by atoms with Crippen molar-refractivity contribution in [3.8, 4) is 11.4 Å². The largest absolute Gasteiger partial charge is 0.450 e. The van der Waals surface area contributed by atoms with E-state index in [9.17, 15) is 9.18 Å². The van der Waals surface area contributed by atoms with Crippen LogP contribution >= 0.6 is 11.6 Å². The van der Waals surface area contributed by atoms with Crippen LogP contribution in [0, 0.1) is 5.82 Å². The molecular weight excluding hydrogens is 415 g/mol. The Morgan fingerprint density at radius 2 is 2.40 bits per heavy atom. The first kappa shape index (κ1) is 20.5. The Kier molecular flexibility index (Phi) is 6.14. The Bertz CT molecular complexity index is 1050. The Morgan fingerprint density at radius 1 is 1.53 bits per heavy atom. The lowest BCUT2D eigenvalue weighted by atomic mass is 10.2. The van der Waals surface area contributed by atoms with E-state index in [1.165, 1.54) is 0 Å². The van der Waals surface area contributed by atoms with E-state index in [2.05, 4.69) is 25.3 Å². The number of hydrogen-bond acceptors (Lipinski definition) is 7. The number of halogens is 2. The number of carbonyl (C=O) groups excluding carboxylic acids is 1. The number of aromatic amines is 1. The minimum absolute atomic E-state index is 0.0412. The molecule has 1 saturated heterocycles. The molecule has 30 heavy (non-hydrogen) atoms. The van der Waals surface area contributed by atoms with Crippen molar-refractivity contribution in [3.63, 3.8) is 0 Å². The van der Waals surface area contributed by atoms with Crippen molar-refractivity contribution in [1.29, 1.82) is 0 Å². The van der Waals surface area contributed by atoms with Crippen LogP contribution in [0.1, 0.15) is 6.92 Å². The molecule has 0 aliphatic carbocycles. The van der Waals surface area contributed by atoms with Gasteiger partial charge in [-0.05, 0) is 6.92 Å². The van der Waals surface area contributed by atoms with Gasteiger partial charge in [-0.25, -0.2) is 19.2 Å². The standard InChI is InChI=1S/C19H22ClFN6O3/c1-2-30-19(28)27-3-4-29-10-12(27)7-23-18-15(21)9-25-17(26-18)14-8-24-16-13(14)5-11(20)6-22-16/h5,8-9,11-12H,2-4,6-7,10H2,1H3,(H,22,24)(H,23,25,26). The Labute approximate surface area is 177 Å². The van der Waals surface area contributed by atoms with E-state index >= 15 is 0 Å². The summed E-state index contributed by atoms with van der Waals surface area (Å²) in [5.41, 5.74) is 1.39. The maximum atomic E-state index is 14.4. The third kappa shape index (κ3) is 4.24. The van der Waals surface area contributed by atoms with Gasteiger partial charge in [0.25, 0.3) is 0 Å². The van der Waals surface area contributed by atoms with E-state index < -0.39 is 11.9 Å². The average molecular weight is 437 g/mol. The second kappa shape index (κ2) is 8.97. The number of aromatic nitrogens is 3. The SMILES string of the molecule is CCOC(=O)N1CCOCC1CNc1nc(-c2c[nH]c3c2=CC(Cl)CN=3)ncc1F. The molecular formula is C19H22ClFN6O3. The summed E-state index contributed by atoms with van der Waals surface area (Å²) in [4.78, 5) is 29.6. The third-order valence-electron chi connectivity index (χ3n) is 4.89. The van der Waals surface area contributed by atoms with E-state index in [0.717, 1.165) is 11.4 Å². The highest BCUT2D eigenvalue weighted by molar-refractivity contribution is 6.24. The highest BCUT2D eigenvalue weighted by atomic mass is 35.5. The van der Waals surface area contributed by atoms with Crippen molar-refractivity contribution in [2.45, 2.75) is 18.3 Å². The van der Waals surface area contributed by atoms with E-state index in [4.69, 9.17) is 21.1 Å². The van der Waals surface area contributed by atoms with Crippen molar-refractivity contribution in [3.05, 3.63) is 28.9 Å². The zero-order valence-electron chi connectivity index (χ0n) is 16.4. The first-order valence-corrected chi connectivity index (χ1v) is 10.2. The molecule has 9 nitrogen and oxygen atoms in total. The fourth-order valence-electron chi connectivity index (χ4n) is 3.43. The highest BCUT2D eigenvalue weighted by Crippen LogP contribution is 2.17. The molecule has 2 aromatic rings. The van der Waals surface area contributed by atoms with Crippen LogP contribution in [-0.4, -0.2) is 76.8 Å². The van der Waals surface area contributed by atoms with Crippen molar-refractivity contribution >= 4 is 29.6 Å². The minimum Gasteiger partial charge on any atom is -0.450 e. The van der Waals surface area contributed by atoms with Crippen LogP contribution in [0.4, 0.5) is 15.0 Å². The molecule has 4 heterocycles. The molecule has 0 spiro atoms. The fourth-order valence-corrected chi connectivity index (χ4v) is 3.62. The minimum atomic E-state index is -0.591. The van der Waals surface area contributed by atoms with Gasteiger partial charge in [0, 0.05) is 30.1 Å². The van der Waals surface area contributed by atoms with Crippen LogP contribution in [0.15, 0.2) is 17.4 Å². The van der Waals surface area contributed by atoms with Crippen molar-refractivity contribution < 1.29 is 18.7 Å². The lowest BCUT2D eigenvalue weighted by Crippen LogP contribution is -2.52. The molecule has 0 aromatic carbocycles. The predicted octanol–water partition coefficient (Wildman–Crippen LogP) is 0.901. The number of nitrogens with one attached hydrogen (secondary N) is 2. The monoisotopic (exact) mass is 436 g/mol. The number of ether oxygens (including phenoxy) is 2. The molecule has 2 unspecified atom stereocenters. The van der Waals surface area contributed by atoms with Gasteiger partial charge in [-0.1, -0.05) is 6.08 Å². The third-order valence-corrected chi connectivity index (χ3v) is 5.15. The van der Waals surface area contributed by atoms with Gasteiger partial charge < -0.3 is 19.8 Å². The molecule has 11 heteroatoms. The number of hydrogen-bond donors (Lipinski definition) is 2. The summed E-state index contributed by atoms with van der Waals surface area (Å²) in [5, 5.41) is 3.56. The van der Waals surface area contributed by atoms with Crippen LogP contribution < -0.4 is 16.0 Å². The van der Waals surface area contributed by atoms with Gasteiger partial charge in [-0.15, -0.1) is 11.6 Å². The number of fused-ring (bicyclic) bond motifs is 1. The molecule has 2 aliphatic heterocycles. The quantitative estimate of drug-likeness (QED) is 0.675. The van der Waals surface area contributed by atoms with Gasteiger partial charge >= 0.3 is 6.09 Å². The zero-order valence-corrected chi connectivity index (χ0v) is 17.2. The summed E-state index contributed by atoms with van der Waals surface area (Å²) in [7, 11) is 0. The maximum Gasteiger partial charge on any atom is 0.410 e. The van der Waals surface area contributed by atoms with Crippen molar-refractivity contribution in [1.82, 2.24) is 19.9 Å². The molecule has 0 saturated carbocycles. The van der Waals surface area contributed by atoms with Crippen molar-refractivity contribution in [2.75, 3.05) is 44.8 Å². The lowest BCUT2D eigenvalue weighted by Gasteiger charge is -2.34. The van der Waals surface area contributed by atoms with Crippen LogP contribution in [0.25, 0.3) is 17.5 Å². The Morgan fingerprint density at radius 3 is 3.23 bits per heavy atom. The molecule has 2 atom stereocenters. The van der Waals surface area contributed by atoms with E-state index in [0.29, 0.717) is 43.2 Å². The number of anilines is 1. The molecule has 0 bridgehead atoms. The Hall–Kier alpha value is -2.72. The number of amides is 1. The number of H-pyrrole nitrogens is 1. The van der Waals surface area contributed by atoms with Gasteiger partial charge in [0.1, 0.15) is 5.49 Å². The zero-order chi connectivity index (χ0) is 21.1. The second-order valence-corrected chi connectivity index (χ2v) is 7.44. The van der Waals surface area contributed by atoms with Crippen LogP contribution in [-0.2, 0) is 9.47 Å². The first-order valence-electron chi connectivity index (χ1n) is 9.72. The predicted molar refractivity (Wildman–Crippen MR) is 108 cm³/mol. The number of rotatable bonds is 5. The summed E-state index contributed by atoms with van der Waals surface area (Å²) in [5.74, 6) is -0.207. The summed E-state index contributed by atoms with van der Waals surface area (Å²) >= 11 is 6.18. The van der Waals surface area contributed by atoms with Gasteiger partial charge in [0.15, 0.2) is 17.5 Å². The number of morpholine rings is 1. The van der Waals surface area contributed by atoms with Crippen molar-refractivity contribution in [2.24, 2.45) is 4.99 Å². The second-order valence-electron chi connectivity index (χ2n) is 6.88. The first-order chi connectivity index (χ1) is 14.6. The summed E-state index contributed by atoms with van der Waals surface area (Å²) in [6.45, 7) is 3.95. The van der Waals surface area contributed by atoms with Gasteiger partial charge in [-0.2, -0.15) is 0 Å².